The van der Waals surface area contributed by atoms with Crippen LogP contribution in [0.25, 0.3) is 66.4 Å². The van der Waals surface area contributed by atoms with Gasteiger partial charge in [0.1, 0.15) is 11.2 Å². The van der Waals surface area contributed by atoms with Gasteiger partial charge in [-0.15, -0.1) is 0 Å². The zero-order chi connectivity index (χ0) is 46.2. The van der Waals surface area contributed by atoms with E-state index >= 15 is 0 Å². The maximum Gasteiger partial charge on any atom is 0.137 e. The van der Waals surface area contributed by atoms with E-state index in [9.17, 15) is 0 Å². The first-order valence-electron chi connectivity index (χ1n) is 24.3. The van der Waals surface area contributed by atoms with Crippen LogP contribution in [0.4, 0.5) is 17.1 Å². The molecule has 0 atom stereocenters. The summed E-state index contributed by atoms with van der Waals surface area (Å²) >= 11 is 0. The topological polar surface area (TPSA) is 16.4 Å². The molecule has 0 bridgehead atoms. The highest BCUT2D eigenvalue weighted by Crippen LogP contribution is 2.63. The first-order valence-corrected chi connectivity index (χ1v) is 24.3. The SMILES string of the molecule is CC1(C)c2ccccc2-c2ccc(N(c3ccc4c(c3)C(C)(C)c3ccccc3-4)c3c4c(cc5oc6ccccc6c35)C(c3ccccc3)(c3ccccc3)c3ccc(-c5ccccc5)cc3-4)cc21. The minimum Gasteiger partial charge on any atom is -0.456 e. The summed E-state index contributed by atoms with van der Waals surface area (Å²) in [5, 5.41) is 2.19. The molecule has 69 heavy (non-hydrogen) atoms. The third kappa shape index (κ3) is 5.43. The number of anilines is 3. The molecule has 11 aromatic rings. The lowest BCUT2D eigenvalue weighted by Crippen LogP contribution is -2.28. The van der Waals surface area contributed by atoms with Crippen LogP contribution in [0.2, 0.25) is 0 Å². The Morgan fingerprint density at radius 3 is 1.45 bits per heavy atom. The Hall–Kier alpha value is -8.20. The molecule has 3 aliphatic rings. The molecule has 0 unspecified atom stereocenters. The third-order valence-corrected chi connectivity index (χ3v) is 16.1. The predicted octanol–water partition coefficient (Wildman–Crippen LogP) is 17.7. The Bertz CT molecular complexity index is 3750. The summed E-state index contributed by atoms with van der Waals surface area (Å²) in [7, 11) is 0. The number of fused-ring (bicyclic) bond motifs is 12. The molecule has 0 saturated heterocycles. The van der Waals surface area contributed by atoms with Gasteiger partial charge >= 0.3 is 0 Å². The number of hydrogen-bond donors (Lipinski definition) is 0. The van der Waals surface area contributed by atoms with E-state index in [1.807, 2.05) is 0 Å². The Morgan fingerprint density at radius 2 is 0.855 bits per heavy atom. The van der Waals surface area contributed by atoms with Gasteiger partial charge in [0.25, 0.3) is 0 Å². The quantitative estimate of drug-likeness (QED) is 0.165. The second-order valence-corrected chi connectivity index (χ2v) is 20.4. The molecule has 0 N–H and O–H groups in total. The lowest BCUT2D eigenvalue weighted by atomic mass is 9.67. The number of para-hydroxylation sites is 1. The van der Waals surface area contributed by atoms with Crippen molar-refractivity contribution >= 4 is 39.0 Å². The van der Waals surface area contributed by atoms with Crippen molar-refractivity contribution < 1.29 is 4.42 Å². The van der Waals surface area contributed by atoms with E-state index in [0.717, 1.165) is 39.0 Å². The van der Waals surface area contributed by atoms with Gasteiger partial charge in [0.05, 0.1) is 16.5 Å². The number of benzene rings is 10. The van der Waals surface area contributed by atoms with E-state index < -0.39 is 5.41 Å². The number of nitrogens with zero attached hydrogens (tertiary/aromatic N) is 1. The van der Waals surface area contributed by atoms with Gasteiger partial charge in [0, 0.05) is 33.2 Å². The highest BCUT2D eigenvalue weighted by molar-refractivity contribution is 6.19. The van der Waals surface area contributed by atoms with Crippen LogP contribution >= 0.6 is 0 Å². The van der Waals surface area contributed by atoms with Crippen molar-refractivity contribution in [1.29, 1.82) is 0 Å². The summed E-state index contributed by atoms with van der Waals surface area (Å²) in [5.41, 5.74) is 24.3. The molecular formula is C67H49NO. The lowest BCUT2D eigenvalue weighted by Gasteiger charge is -2.35. The average Bonchev–Trinajstić information content (AvgIpc) is 4.06. The van der Waals surface area contributed by atoms with Gasteiger partial charge in [-0.1, -0.05) is 210 Å². The molecule has 10 aromatic carbocycles. The molecule has 0 fully saturated rings. The molecule has 0 aliphatic heterocycles. The van der Waals surface area contributed by atoms with Crippen molar-refractivity contribution in [2.75, 3.05) is 4.90 Å². The summed E-state index contributed by atoms with van der Waals surface area (Å²) in [6.07, 6.45) is 0. The third-order valence-electron chi connectivity index (χ3n) is 16.1. The minimum absolute atomic E-state index is 0.210. The molecule has 0 radical (unpaired) electrons. The minimum atomic E-state index is -0.681. The number of hydrogen-bond acceptors (Lipinski definition) is 2. The Labute approximate surface area is 403 Å². The predicted molar refractivity (Wildman–Crippen MR) is 286 cm³/mol. The molecule has 1 heterocycles. The normalized spacial score (nSPS) is 15.0. The van der Waals surface area contributed by atoms with Crippen LogP contribution in [0.3, 0.4) is 0 Å². The summed E-state index contributed by atoms with van der Waals surface area (Å²) in [5.74, 6) is 0. The van der Waals surface area contributed by atoms with Gasteiger partial charge < -0.3 is 9.32 Å². The zero-order valence-electron chi connectivity index (χ0n) is 39.2. The summed E-state index contributed by atoms with van der Waals surface area (Å²) in [6, 6.07) is 83.8. The van der Waals surface area contributed by atoms with Gasteiger partial charge in [-0.3, -0.25) is 0 Å². The second kappa shape index (κ2) is 14.4. The molecular weight excluding hydrogens is 835 g/mol. The molecule has 1 aromatic heterocycles. The highest BCUT2D eigenvalue weighted by Gasteiger charge is 2.49. The Balaban J connectivity index is 1.17. The van der Waals surface area contributed by atoms with E-state index in [1.54, 1.807) is 0 Å². The van der Waals surface area contributed by atoms with Gasteiger partial charge in [0.2, 0.25) is 0 Å². The Morgan fingerprint density at radius 1 is 0.348 bits per heavy atom. The van der Waals surface area contributed by atoms with E-state index in [4.69, 9.17) is 4.42 Å². The summed E-state index contributed by atoms with van der Waals surface area (Å²) in [4.78, 5) is 2.60. The average molecular weight is 884 g/mol. The fourth-order valence-electron chi connectivity index (χ4n) is 12.9. The van der Waals surface area contributed by atoms with Crippen molar-refractivity contribution in [3.05, 3.63) is 269 Å². The van der Waals surface area contributed by atoms with Crippen molar-refractivity contribution in [2.45, 2.75) is 43.9 Å². The van der Waals surface area contributed by atoms with Crippen molar-refractivity contribution in [1.82, 2.24) is 0 Å². The summed E-state index contributed by atoms with van der Waals surface area (Å²) < 4.78 is 7.17. The van der Waals surface area contributed by atoms with E-state index in [0.29, 0.717) is 0 Å². The number of furan rings is 1. The smallest absolute Gasteiger partial charge is 0.137 e. The molecule has 3 aliphatic carbocycles. The number of rotatable bonds is 6. The van der Waals surface area contributed by atoms with E-state index in [-0.39, 0.29) is 10.8 Å². The first-order chi connectivity index (χ1) is 33.7. The molecule has 0 spiro atoms. The maximum atomic E-state index is 7.17. The maximum absolute atomic E-state index is 7.17. The fraction of sp³-hybridized carbons (Fsp3) is 0.104. The Kier molecular flexibility index (Phi) is 8.33. The summed E-state index contributed by atoms with van der Waals surface area (Å²) in [6.45, 7) is 9.55. The van der Waals surface area contributed by atoms with Gasteiger partial charge in [-0.2, -0.15) is 0 Å². The van der Waals surface area contributed by atoms with Crippen LogP contribution in [0, 0.1) is 0 Å². The van der Waals surface area contributed by atoms with Gasteiger partial charge in [-0.05, 0) is 126 Å². The zero-order valence-corrected chi connectivity index (χ0v) is 39.2. The molecule has 14 rings (SSSR count). The van der Waals surface area contributed by atoms with Crippen molar-refractivity contribution in [2.24, 2.45) is 0 Å². The van der Waals surface area contributed by atoms with Crippen LogP contribution in [0.15, 0.2) is 229 Å². The van der Waals surface area contributed by atoms with Gasteiger partial charge in [-0.25, -0.2) is 0 Å². The molecule has 328 valence electrons. The monoisotopic (exact) mass is 883 g/mol. The largest absolute Gasteiger partial charge is 0.456 e. The fourth-order valence-corrected chi connectivity index (χ4v) is 12.9. The lowest BCUT2D eigenvalue weighted by molar-refractivity contribution is 0.660. The van der Waals surface area contributed by atoms with Gasteiger partial charge in [0.15, 0.2) is 0 Å². The van der Waals surface area contributed by atoms with Crippen molar-refractivity contribution in [3.8, 4) is 44.5 Å². The molecule has 2 heteroatoms. The standard InChI is InChI=1S/C67H49NO/c1-65(2)54-29-17-14-26-48(54)50-35-33-46(39-57(50)65)68(47-34-36-51-49-27-15-18-30-55(49)66(3,4)58(51)40-47)64-62-53-38-43(42-20-8-5-9-21-42)32-37-56(53)67(44-22-10-6-11-23-44,45-24-12-7-13-25-45)59(62)41-61-63(64)52-28-16-19-31-60(52)69-61/h5-41H,1-4H3. The van der Waals surface area contributed by atoms with Crippen LogP contribution < -0.4 is 4.90 Å². The van der Waals surface area contributed by atoms with Crippen molar-refractivity contribution in [3.63, 3.8) is 0 Å². The molecule has 2 nitrogen and oxygen atoms in total. The van der Waals surface area contributed by atoms with E-state index in [2.05, 4.69) is 257 Å². The van der Waals surface area contributed by atoms with Crippen LogP contribution in [-0.4, -0.2) is 0 Å². The molecule has 0 amide bonds. The second-order valence-electron chi connectivity index (χ2n) is 20.4. The molecule has 0 saturated carbocycles. The van der Waals surface area contributed by atoms with E-state index in [1.165, 1.54) is 89.0 Å². The van der Waals surface area contributed by atoms with Crippen LogP contribution in [0.5, 0.6) is 0 Å². The first kappa shape index (κ1) is 39.9. The van der Waals surface area contributed by atoms with Crippen LogP contribution in [0.1, 0.15) is 72.2 Å². The van der Waals surface area contributed by atoms with Crippen LogP contribution in [-0.2, 0) is 16.2 Å². The highest BCUT2D eigenvalue weighted by atomic mass is 16.3.